The fourth-order valence-corrected chi connectivity index (χ4v) is 3.89. The smallest absolute Gasteiger partial charge is 0.254 e. The normalized spacial score (nSPS) is 10.9. The number of carbonyl (C=O) groups excluding carboxylic acids is 1. The molecule has 0 aliphatic carbocycles. The number of hydrogen-bond acceptors (Lipinski definition) is 4. The van der Waals surface area contributed by atoms with Crippen LogP contribution in [0, 0.1) is 12.7 Å². The number of hydrogen-bond donors (Lipinski definition) is 0. The van der Waals surface area contributed by atoms with E-state index in [1.807, 2.05) is 68.6 Å². The Morgan fingerprint density at radius 2 is 1.80 bits per heavy atom. The van der Waals surface area contributed by atoms with Crippen LogP contribution in [0.1, 0.15) is 21.5 Å². The van der Waals surface area contributed by atoms with Gasteiger partial charge in [-0.1, -0.05) is 48.5 Å². The number of methoxy groups -OCH3 is 1. The molecule has 0 radical (unpaired) electrons. The largest absolute Gasteiger partial charge is 0.439 e. The predicted octanol–water partition coefficient (Wildman–Crippen LogP) is 5.62. The lowest BCUT2D eigenvalue weighted by Crippen LogP contribution is -2.33. The summed E-state index contributed by atoms with van der Waals surface area (Å²) in [6, 6.07) is 23.2. The number of halogens is 1. The number of aryl methyl sites for hydroxylation is 2. The number of benzene rings is 3. The fourth-order valence-electron chi connectivity index (χ4n) is 3.89. The Labute approximate surface area is 204 Å². The van der Waals surface area contributed by atoms with E-state index >= 15 is 0 Å². The minimum Gasteiger partial charge on any atom is -0.439 e. The van der Waals surface area contributed by atoms with Crippen molar-refractivity contribution in [2.24, 2.45) is 7.05 Å². The molecule has 0 aliphatic heterocycles. The van der Waals surface area contributed by atoms with E-state index in [1.54, 1.807) is 22.8 Å². The highest BCUT2D eigenvalue weighted by atomic mass is 19.1. The molecule has 7 heteroatoms. The molecular formula is C28H28FN3O3. The lowest BCUT2D eigenvalue weighted by molar-refractivity contribution is 0.0679. The second-order valence-electron chi connectivity index (χ2n) is 8.27. The van der Waals surface area contributed by atoms with Gasteiger partial charge in [0.15, 0.2) is 0 Å². The van der Waals surface area contributed by atoms with Crippen LogP contribution in [0.5, 0.6) is 11.6 Å². The number of aromatic nitrogens is 2. The molecule has 3 aromatic carbocycles. The van der Waals surface area contributed by atoms with Gasteiger partial charge in [-0.3, -0.25) is 4.79 Å². The second-order valence-corrected chi connectivity index (χ2v) is 8.27. The molecule has 0 unspecified atom stereocenters. The summed E-state index contributed by atoms with van der Waals surface area (Å²) >= 11 is 0. The molecule has 0 saturated carbocycles. The van der Waals surface area contributed by atoms with Crippen molar-refractivity contribution >= 4 is 5.91 Å². The summed E-state index contributed by atoms with van der Waals surface area (Å²) in [6.45, 7) is 2.85. The first-order valence-corrected chi connectivity index (χ1v) is 11.4. The summed E-state index contributed by atoms with van der Waals surface area (Å²) in [5.74, 6) is 0.445. The Bertz CT molecular complexity index is 1300. The molecule has 0 N–H and O–H groups in total. The topological polar surface area (TPSA) is 56.6 Å². The highest BCUT2D eigenvalue weighted by molar-refractivity contribution is 5.94. The highest BCUT2D eigenvalue weighted by Crippen LogP contribution is 2.34. The number of amides is 1. The molecule has 1 amide bonds. The van der Waals surface area contributed by atoms with Crippen LogP contribution >= 0.6 is 0 Å². The zero-order valence-corrected chi connectivity index (χ0v) is 20.1. The molecule has 1 heterocycles. The van der Waals surface area contributed by atoms with Crippen molar-refractivity contribution in [3.63, 3.8) is 0 Å². The maximum Gasteiger partial charge on any atom is 0.254 e. The lowest BCUT2D eigenvalue weighted by atomic mass is 10.1. The van der Waals surface area contributed by atoms with Crippen LogP contribution < -0.4 is 4.74 Å². The van der Waals surface area contributed by atoms with Crippen molar-refractivity contribution in [3.8, 4) is 22.9 Å². The van der Waals surface area contributed by atoms with Gasteiger partial charge in [-0.25, -0.2) is 9.07 Å². The monoisotopic (exact) mass is 473 g/mol. The first-order chi connectivity index (χ1) is 17.0. The molecule has 4 aromatic rings. The molecule has 0 saturated heterocycles. The lowest BCUT2D eigenvalue weighted by Gasteiger charge is -2.23. The van der Waals surface area contributed by atoms with E-state index in [9.17, 15) is 9.18 Å². The fraction of sp³-hybridized carbons (Fsp3) is 0.214. The molecule has 180 valence electrons. The Hall–Kier alpha value is -3.97. The van der Waals surface area contributed by atoms with Gasteiger partial charge in [0.2, 0.25) is 5.88 Å². The number of ether oxygens (including phenoxy) is 2. The van der Waals surface area contributed by atoms with Crippen molar-refractivity contribution in [2.75, 3.05) is 20.3 Å². The molecule has 0 aliphatic rings. The number of carbonyl (C=O) groups is 1. The summed E-state index contributed by atoms with van der Waals surface area (Å²) in [7, 11) is 3.39. The third kappa shape index (κ3) is 5.75. The molecule has 0 spiro atoms. The molecule has 6 nitrogen and oxygen atoms in total. The predicted molar refractivity (Wildman–Crippen MR) is 133 cm³/mol. The Morgan fingerprint density at radius 3 is 2.51 bits per heavy atom. The van der Waals surface area contributed by atoms with Gasteiger partial charge in [0.1, 0.15) is 17.3 Å². The van der Waals surface area contributed by atoms with Gasteiger partial charge >= 0.3 is 0 Å². The van der Waals surface area contributed by atoms with Crippen molar-refractivity contribution in [3.05, 3.63) is 101 Å². The molecule has 0 atom stereocenters. The Morgan fingerprint density at radius 1 is 1.03 bits per heavy atom. The van der Waals surface area contributed by atoms with Crippen LogP contribution in [0.2, 0.25) is 0 Å². The molecule has 4 rings (SSSR count). The van der Waals surface area contributed by atoms with E-state index in [-0.39, 0.29) is 18.0 Å². The third-order valence-corrected chi connectivity index (χ3v) is 5.61. The summed E-state index contributed by atoms with van der Waals surface area (Å²) in [4.78, 5) is 15.0. The first-order valence-electron chi connectivity index (χ1n) is 11.4. The van der Waals surface area contributed by atoms with Gasteiger partial charge in [0.25, 0.3) is 5.91 Å². The summed E-state index contributed by atoms with van der Waals surface area (Å²) < 4.78 is 27.1. The number of nitrogens with zero attached hydrogens (tertiary/aromatic N) is 3. The minimum atomic E-state index is -0.461. The van der Waals surface area contributed by atoms with Gasteiger partial charge < -0.3 is 14.4 Å². The van der Waals surface area contributed by atoms with Crippen LogP contribution in [0.4, 0.5) is 4.39 Å². The average molecular weight is 474 g/mol. The first kappa shape index (κ1) is 24.2. The van der Waals surface area contributed by atoms with Crippen LogP contribution in [-0.4, -0.2) is 40.8 Å². The van der Waals surface area contributed by atoms with Gasteiger partial charge in [-0.05, 0) is 42.8 Å². The summed E-state index contributed by atoms with van der Waals surface area (Å²) in [6.07, 6.45) is 0. The van der Waals surface area contributed by atoms with Crippen LogP contribution in [0.15, 0.2) is 78.9 Å². The minimum absolute atomic E-state index is 0.206. The summed E-state index contributed by atoms with van der Waals surface area (Å²) in [5, 5.41) is 4.74. The van der Waals surface area contributed by atoms with Crippen molar-refractivity contribution in [2.45, 2.75) is 13.5 Å². The Balaban J connectivity index is 1.77. The third-order valence-electron chi connectivity index (χ3n) is 5.61. The SMILES string of the molecule is COCCN(Cc1c(-c2ccccc2)nn(C)c1Oc1cccc(C)c1)C(=O)c1cccc(F)c1. The van der Waals surface area contributed by atoms with Gasteiger partial charge in [0.05, 0.1) is 18.7 Å². The zero-order chi connectivity index (χ0) is 24.8. The Kier molecular flexibility index (Phi) is 7.57. The standard InChI is InChI=1S/C28H28FN3O3/c1-20-9-7-14-24(17-20)35-28-25(26(30-31(28)2)21-10-5-4-6-11-21)19-32(15-16-34-3)27(33)22-12-8-13-23(29)18-22/h4-14,17-18H,15-16,19H2,1-3H3. The quantitative estimate of drug-likeness (QED) is 0.317. The van der Waals surface area contributed by atoms with E-state index in [4.69, 9.17) is 14.6 Å². The van der Waals surface area contributed by atoms with E-state index in [0.29, 0.717) is 30.5 Å². The van der Waals surface area contributed by atoms with Crippen LogP contribution in [0.25, 0.3) is 11.3 Å². The van der Waals surface area contributed by atoms with Crippen LogP contribution in [0.3, 0.4) is 0 Å². The van der Waals surface area contributed by atoms with Gasteiger partial charge in [-0.2, -0.15) is 5.10 Å². The summed E-state index contributed by atoms with van der Waals surface area (Å²) in [5.41, 5.74) is 3.71. The van der Waals surface area contributed by atoms with Crippen molar-refractivity contribution in [1.29, 1.82) is 0 Å². The highest BCUT2D eigenvalue weighted by Gasteiger charge is 2.25. The molecule has 0 fully saturated rings. The van der Waals surface area contributed by atoms with Crippen LogP contribution in [-0.2, 0) is 18.3 Å². The van der Waals surface area contributed by atoms with Gasteiger partial charge in [0, 0.05) is 31.8 Å². The maximum atomic E-state index is 13.9. The molecular weight excluding hydrogens is 445 g/mol. The zero-order valence-electron chi connectivity index (χ0n) is 20.1. The molecule has 35 heavy (non-hydrogen) atoms. The van der Waals surface area contributed by atoms with E-state index in [1.165, 1.54) is 18.2 Å². The maximum absolute atomic E-state index is 13.9. The van der Waals surface area contributed by atoms with E-state index in [0.717, 1.165) is 16.7 Å². The van der Waals surface area contributed by atoms with Crippen molar-refractivity contribution in [1.82, 2.24) is 14.7 Å². The van der Waals surface area contributed by atoms with Gasteiger partial charge in [-0.15, -0.1) is 0 Å². The van der Waals surface area contributed by atoms with E-state index < -0.39 is 5.82 Å². The van der Waals surface area contributed by atoms with Crippen molar-refractivity contribution < 1.29 is 18.7 Å². The number of rotatable bonds is 9. The molecule has 0 bridgehead atoms. The molecule has 1 aromatic heterocycles. The second kappa shape index (κ2) is 11.0. The average Bonchev–Trinajstić information content (AvgIpc) is 3.16. The van der Waals surface area contributed by atoms with E-state index in [2.05, 4.69) is 0 Å².